The smallest absolute Gasteiger partial charge is 0.262 e. The van der Waals surface area contributed by atoms with E-state index in [0.717, 1.165) is 36.7 Å². The highest BCUT2D eigenvalue weighted by Crippen LogP contribution is 2.29. The minimum Gasteiger partial charge on any atom is -0.351 e. The lowest BCUT2D eigenvalue weighted by atomic mass is 10.1. The van der Waals surface area contributed by atoms with Gasteiger partial charge in [-0.15, -0.1) is 0 Å². The minimum atomic E-state index is -0.501. The molecule has 2 aromatic rings. The van der Waals surface area contributed by atoms with Crippen LogP contribution in [0.2, 0.25) is 0 Å². The third-order valence-electron chi connectivity index (χ3n) is 5.62. The van der Waals surface area contributed by atoms with Gasteiger partial charge in [0.25, 0.3) is 11.8 Å². The van der Waals surface area contributed by atoms with Crippen LogP contribution in [0.15, 0.2) is 53.5 Å². The third kappa shape index (κ3) is 5.78. The molecule has 0 aliphatic carbocycles. The van der Waals surface area contributed by atoms with E-state index in [1.807, 2.05) is 6.92 Å². The summed E-state index contributed by atoms with van der Waals surface area (Å²) < 4.78 is 13.1. The van der Waals surface area contributed by atoms with Crippen LogP contribution in [-0.2, 0) is 9.59 Å². The van der Waals surface area contributed by atoms with E-state index in [2.05, 4.69) is 20.5 Å². The Bertz CT molecular complexity index is 1070. The molecule has 9 heteroatoms. The lowest BCUT2D eigenvalue weighted by Crippen LogP contribution is -2.26. The molecule has 0 saturated carbocycles. The first kappa shape index (κ1) is 23.0. The Labute approximate surface area is 195 Å². The number of hydrogen-bond donors (Lipinski definition) is 2. The van der Waals surface area contributed by atoms with E-state index in [4.69, 9.17) is 0 Å². The van der Waals surface area contributed by atoms with Gasteiger partial charge in [-0.05, 0) is 61.7 Å². The molecule has 2 aliphatic rings. The summed E-state index contributed by atoms with van der Waals surface area (Å²) in [5, 5.41) is 5.86. The molecule has 2 N–H and O–H groups in total. The standard InChI is InChI=1S/C24H25FN4O3S/c1-15(16-4-8-18(25)9-5-16)26-22(31)17-6-10-19(11-7-17)27-21(30)14-20-23(32)28-24(33-20)29-12-2-3-13-29/h4-11,15,20H,2-3,12-14H2,1H3,(H,26,31)(H,27,30)/t15-,20+/m1/s1. The van der Waals surface area contributed by atoms with Gasteiger partial charge in [-0.25, -0.2) is 4.39 Å². The van der Waals surface area contributed by atoms with Crippen molar-refractivity contribution in [3.63, 3.8) is 0 Å². The van der Waals surface area contributed by atoms with Gasteiger partial charge < -0.3 is 15.5 Å². The highest BCUT2D eigenvalue weighted by atomic mass is 32.2. The van der Waals surface area contributed by atoms with Crippen molar-refractivity contribution in [3.8, 4) is 0 Å². The highest BCUT2D eigenvalue weighted by Gasteiger charge is 2.33. The molecule has 33 heavy (non-hydrogen) atoms. The van der Waals surface area contributed by atoms with Crippen LogP contribution < -0.4 is 10.6 Å². The van der Waals surface area contributed by atoms with E-state index in [1.165, 1.54) is 23.9 Å². The summed E-state index contributed by atoms with van der Waals surface area (Å²) in [6, 6.07) is 12.2. The van der Waals surface area contributed by atoms with E-state index in [0.29, 0.717) is 11.3 Å². The molecule has 0 aromatic heterocycles. The van der Waals surface area contributed by atoms with Gasteiger partial charge in [-0.2, -0.15) is 4.99 Å². The second-order valence-corrected chi connectivity index (χ2v) is 9.28. The summed E-state index contributed by atoms with van der Waals surface area (Å²) in [6.07, 6.45) is 2.23. The molecular weight excluding hydrogens is 443 g/mol. The van der Waals surface area contributed by atoms with Gasteiger partial charge in [0.2, 0.25) is 5.91 Å². The Kier molecular flexibility index (Phi) is 7.08. The number of anilines is 1. The quantitative estimate of drug-likeness (QED) is 0.674. The highest BCUT2D eigenvalue weighted by molar-refractivity contribution is 8.15. The van der Waals surface area contributed by atoms with Crippen LogP contribution in [0.25, 0.3) is 0 Å². The number of thioether (sulfide) groups is 1. The Balaban J connectivity index is 1.27. The molecule has 0 bridgehead atoms. The molecule has 0 spiro atoms. The van der Waals surface area contributed by atoms with Crippen LogP contribution in [0.1, 0.15) is 48.1 Å². The van der Waals surface area contributed by atoms with Crippen LogP contribution in [-0.4, -0.2) is 46.1 Å². The Morgan fingerprint density at radius 3 is 2.45 bits per heavy atom. The maximum absolute atomic E-state index is 13.1. The molecule has 4 rings (SSSR count). The zero-order chi connectivity index (χ0) is 23.4. The zero-order valence-electron chi connectivity index (χ0n) is 18.2. The molecule has 2 aliphatic heterocycles. The van der Waals surface area contributed by atoms with E-state index < -0.39 is 5.25 Å². The maximum Gasteiger partial charge on any atom is 0.262 e. The average Bonchev–Trinajstić information content (AvgIpc) is 3.45. The van der Waals surface area contributed by atoms with E-state index in [9.17, 15) is 18.8 Å². The fourth-order valence-corrected chi connectivity index (χ4v) is 4.87. The SMILES string of the molecule is C[C@@H](NC(=O)c1ccc(NC(=O)C[C@@H]2SC(N3CCCC3)=NC2=O)cc1)c1ccc(F)cc1. The second kappa shape index (κ2) is 10.2. The number of carbonyl (C=O) groups excluding carboxylic acids is 3. The predicted octanol–water partition coefficient (Wildman–Crippen LogP) is 3.74. The molecule has 2 aromatic carbocycles. The van der Waals surface area contributed by atoms with Crippen molar-refractivity contribution in [2.45, 2.75) is 37.5 Å². The van der Waals surface area contributed by atoms with Crippen LogP contribution in [0.3, 0.4) is 0 Å². The number of likely N-dealkylation sites (tertiary alicyclic amines) is 1. The van der Waals surface area contributed by atoms with Crippen molar-refractivity contribution in [3.05, 3.63) is 65.5 Å². The summed E-state index contributed by atoms with van der Waals surface area (Å²) in [5.74, 6) is -1.14. The predicted molar refractivity (Wildman–Crippen MR) is 127 cm³/mol. The summed E-state index contributed by atoms with van der Waals surface area (Å²) in [5.41, 5.74) is 1.77. The molecule has 1 fully saturated rings. The number of nitrogens with one attached hydrogen (secondary N) is 2. The van der Waals surface area contributed by atoms with Crippen molar-refractivity contribution in [1.29, 1.82) is 0 Å². The van der Waals surface area contributed by atoms with Gasteiger partial charge in [0.15, 0.2) is 5.17 Å². The van der Waals surface area contributed by atoms with Crippen molar-refractivity contribution < 1.29 is 18.8 Å². The molecule has 0 radical (unpaired) electrons. The minimum absolute atomic E-state index is 0.0434. The monoisotopic (exact) mass is 468 g/mol. The van der Waals surface area contributed by atoms with Crippen LogP contribution >= 0.6 is 11.8 Å². The number of halogens is 1. The summed E-state index contributed by atoms with van der Waals surface area (Å²) in [7, 11) is 0. The normalized spacial score (nSPS) is 18.7. The average molecular weight is 469 g/mol. The largest absolute Gasteiger partial charge is 0.351 e. The Morgan fingerprint density at radius 1 is 1.12 bits per heavy atom. The topological polar surface area (TPSA) is 90.9 Å². The van der Waals surface area contributed by atoms with Crippen LogP contribution in [0.5, 0.6) is 0 Å². The maximum atomic E-state index is 13.1. The number of amides is 3. The number of aliphatic imine (C=N–C) groups is 1. The van der Waals surface area contributed by atoms with E-state index >= 15 is 0 Å². The number of carbonyl (C=O) groups is 3. The van der Waals surface area contributed by atoms with Crippen molar-refractivity contribution in [2.24, 2.45) is 4.99 Å². The molecule has 7 nitrogen and oxygen atoms in total. The van der Waals surface area contributed by atoms with E-state index in [1.54, 1.807) is 36.4 Å². The Hall–Kier alpha value is -3.20. The van der Waals surface area contributed by atoms with Crippen LogP contribution in [0.4, 0.5) is 10.1 Å². The van der Waals surface area contributed by atoms with Gasteiger partial charge in [0.1, 0.15) is 11.1 Å². The molecular formula is C24H25FN4O3S. The molecule has 0 unspecified atom stereocenters. The van der Waals surface area contributed by atoms with Crippen molar-refractivity contribution >= 4 is 40.3 Å². The molecule has 2 atom stereocenters. The first-order valence-corrected chi connectivity index (χ1v) is 11.8. The zero-order valence-corrected chi connectivity index (χ0v) is 19.0. The summed E-state index contributed by atoms with van der Waals surface area (Å²) >= 11 is 1.36. The van der Waals surface area contributed by atoms with Gasteiger partial charge in [-0.3, -0.25) is 14.4 Å². The summed E-state index contributed by atoms with van der Waals surface area (Å²) in [4.78, 5) is 43.3. The number of nitrogens with zero attached hydrogens (tertiary/aromatic N) is 2. The fraction of sp³-hybridized carbons (Fsp3) is 0.333. The first-order chi connectivity index (χ1) is 15.9. The third-order valence-corrected chi connectivity index (χ3v) is 6.84. The van der Waals surface area contributed by atoms with Crippen LogP contribution in [0, 0.1) is 5.82 Å². The first-order valence-electron chi connectivity index (χ1n) is 10.9. The van der Waals surface area contributed by atoms with Crippen molar-refractivity contribution in [1.82, 2.24) is 10.2 Å². The number of benzene rings is 2. The number of amidine groups is 1. The van der Waals surface area contributed by atoms with Gasteiger partial charge in [0.05, 0.1) is 6.04 Å². The second-order valence-electron chi connectivity index (χ2n) is 8.11. The van der Waals surface area contributed by atoms with Crippen molar-refractivity contribution in [2.75, 3.05) is 18.4 Å². The van der Waals surface area contributed by atoms with Gasteiger partial charge in [0, 0.05) is 30.8 Å². The number of hydrogen-bond acceptors (Lipinski definition) is 5. The van der Waals surface area contributed by atoms with Gasteiger partial charge in [-0.1, -0.05) is 23.9 Å². The number of rotatable bonds is 6. The fourth-order valence-electron chi connectivity index (χ4n) is 3.75. The molecule has 1 saturated heterocycles. The van der Waals surface area contributed by atoms with Gasteiger partial charge >= 0.3 is 0 Å². The Morgan fingerprint density at radius 2 is 1.79 bits per heavy atom. The molecule has 2 heterocycles. The molecule has 3 amide bonds. The summed E-state index contributed by atoms with van der Waals surface area (Å²) in [6.45, 7) is 3.63. The molecule has 172 valence electrons. The van der Waals surface area contributed by atoms with E-state index in [-0.39, 0.29) is 36.0 Å². The lowest BCUT2D eigenvalue weighted by molar-refractivity contribution is -0.121. The lowest BCUT2D eigenvalue weighted by Gasteiger charge is -2.16.